The summed E-state index contributed by atoms with van der Waals surface area (Å²) in [4.78, 5) is 39.3. The van der Waals surface area contributed by atoms with Crippen molar-refractivity contribution in [1.82, 2.24) is 10.6 Å². The molecule has 2 aromatic rings. The van der Waals surface area contributed by atoms with E-state index >= 15 is 0 Å². The molecule has 0 unspecified atom stereocenters. The number of carbonyl (C=O) groups excluding carboxylic acids is 3. The summed E-state index contributed by atoms with van der Waals surface area (Å²) in [6, 6.07) is 6.28. The highest BCUT2D eigenvalue weighted by molar-refractivity contribution is 6.30. The van der Waals surface area contributed by atoms with Gasteiger partial charge in [0.1, 0.15) is 42.4 Å². The molecule has 13 heteroatoms. The maximum Gasteiger partial charge on any atom is 0.408 e. The standard InChI is InChI=1S/C25H26ClF4N3O5/c1-24(2,3)38-23(36)32-17(10-14-6-4-5-7-16(14)27)21(34)31-18-12-37-20-11-15(26)8-9-19(20)33(22(18)35)13-25(28,29)30/h4-9,11,17-18H,10,12-13H2,1-3H3,(H,31,34)(H,32,36)/t17-,18-/m1/s1. The highest BCUT2D eigenvalue weighted by atomic mass is 35.5. The van der Waals surface area contributed by atoms with Crippen molar-refractivity contribution in [3.63, 3.8) is 0 Å². The summed E-state index contributed by atoms with van der Waals surface area (Å²) in [5.41, 5.74) is -1.02. The molecule has 2 N–H and O–H groups in total. The maximum absolute atomic E-state index is 14.3. The van der Waals surface area contributed by atoms with Gasteiger partial charge in [-0.2, -0.15) is 13.2 Å². The van der Waals surface area contributed by atoms with Crippen molar-refractivity contribution in [3.8, 4) is 5.75 Å². The predicted molar refractivity (Wildman–Crippen MR) is 131 cm³/mol. The number of carbonyl (C=O) groups is 3. The lowest BCUT2D eigenvalue weighted by atomic mass is 10.0. The van der Waals surface area contributed by atoms with Crippen LogP contribution in [0, 0.1) is 5.82 Å². The zero-order valence-corrected chi connectivity index (χ0v) is 21.5. The van der Waals surface area contributed by atoms with Crippen molar-refractivity contribution in [2.75, 3.05) is 18.1 Å². The molecule has 0 aromatic heterocycles. The Bertz CT molecular complexity index is 1200. The quantitative estimate of drug-likeness (QED) is 0.512. The Hall–Kier alpha value is -3.54. The molecule has 3 rings (SSSR count). The molecule has 206 valence electrons. The molecule has 38 heavy (non-hydrogen) atoms. The van der Waals surface area contributed by atoms with Gasteiger partial charge < -0.3 is 20.1 Å². The second-order valence-electron chi connectivity index (χ2n) is 9.52. The number of alkyl carbamates (subject to hydrolysis) is 1. The Balaban J connectivity index is 1.87. The van der Waals surface area contributed by atoms with Gasteiger partial charge in [-0.1, -0.05) is 29.8 Å². The SMILES string of the molecule is CC(C)(C)OC(=O)N[C@H](Cc1ccccc1F)C(=O)N[C@@H]1COc2cc(Cl)ccc2N(CC(F)(F)F)C1=O. The highest BCUT2D eigenvalue weighted by Gasteiger charge is 2.40. The third kappa shape index (κ3) is 7.98. The number of ether oxygens (including phenoxy) is 2. The summed E-state index contributed by atoms with van der Waals surface area (Å²) < 4.78 is 65.1. The molecule has 3 amide bonds. The number of fused-ring (bicyclic) bond motifs is 1. The molecule has 0 saturated heterocycles. The van der Waals surface area contributed by atoms with E-state index < -0.39 is 60.7 Å². The van der Waals surface area contributed by atoms with Crippen molar-refractivity contribution in [3.05, 3.63) is 58.9 Å². The van der Waals surface area contributed by atoms with Crippen LogP contribution in [0.2, 0.25) is 5.02 Å². The fourth-order valence-corrected chi connectivity index (χ4v) is 3.80. The normalized spacial score (nSPS) is 16.6. The Morgan fingerprint density at radius 2 is 1.87 bits per heavy atom. The van der Waals surface area contributed by atoms with Crippen LogP contribution in [-0.4, -0.2) is 54.9 Å². The monoisotopic (exact) mass is 559 g/mol. The molecule has 0 radical (unpaired) electrons. The number of hydrogen-bond acceptors (Lipinski definition) is 5. The number of alkyl halides is 3. The Morgan fingerprint density at radius 1 is 1.18 bits per heavy atom. The first kappa shape index (κ1) is 29.0. The fraction of sp³-hybridized carbons (Fsp3) is 0.400. The van der Waals surface area contributed by atoms with E-state index in [2.05, 4.69) is 10.6 Å². The molecule has 0 fully saturated rings. The first-order valence-electron chi connectivity index (χ1n) is 11.5. The van der Waals surface area contributed by atoms with E-state index in [1.54, 1.807) is 20.8 Å². The summed E-state index contributed by atoms with van der Waals surface area (Å²) in [6.45, 7) is 2.62. The summed E-state index contributed by atoms with van der Waals surface area (Å²) in [6.07, 6.45) is -6.09. The zero-order chi connectivity index (χ0) is 28.3. The number of halogens is 5. The topological polar surface area (TPSA) is 97.0 Å². The van der Waals surface area contributed by atoms with Crippen molar-refractivity contribution >= 4 is 35.2 Å². The molecule has 2 atom stereocenters. The van der Waals surface area contributed by atoms with Gasteiger partial charge in [0.2, 0.25) is 5.91 Å². The summed E-state index contributed by atoms with van der Waals surface area (Å²) in [7, 11) is 0. The lowest BCUT2D eigenvalue weighted by Gasteiger charge is -2.27. The second-order valence-corrected chi connectivity index (χ2v) is 9.95. The van der Waals surface area contributed by atoms with Crippen LogP contribution in [0.1, 0.15) is 26.3 Å². The predicted octanol–water partition coefficient (Wildman–Crippen LogP) is 4.39. The minimum absolute atomic E-state index is 0.0768. The second kappa shape index (κ2) is 11.5. The van der Waals surface area contributed by atoms with E-state index in [1.165, 1.54) is 36.4 Å². The minimum atomic E-state index is -4.77. The lowest BCUT2D eigenvalue weighted by molar-refractivity contribution is -0.135. The van der Waals surface area contributed by atoms with E-state index in [1.807, 2.05) is 0 Å². The van der Waals surface area contributed by atoms with E-state index in [0.29, 0.717) is 4.90 Å². The number of rotatable bonds is 6. The van der Waals surface area contributed by atoms with E-state index in [9.17, 15) is 31.9 Å². The molecule has 1 heterocycles. The van der Waals surface area contributed by atoms with Crippen LogP contribution in [0.15, 0.2) is 42.5 Å². The third-order valence-corrected chi connectivity index (χ3v) is 5.46. The van der Waals surface area contributed by atoms with E-state index in [0.717, 1.165) is 6.07 Å². The van der Waals surface area contributed by atoms with E-state index in [4.69, 9.17) is 21.1 Å². The van der Waals surface area contributed by atoms with Crippen LogP contribution >= 0.6 is 11.6 Å². The molecule has 0 spiro atoms. The van der Waals surface area contributed by atoms with Crippen molar-refractivity contribution in [2.24, 2.45) is 0 Å². The number of amides is 3. The van der Waals surface area contributed by atoms with Gasteiger partial charge in [-0.25, -0.2) is 9.18 Å². The van der Waals surface area contributed by atoms with Crippen LogP contribution in [0.25, 0.3) is 0 Å². The van der Waals surface area contributed by atoms with Crippen molar-refractivity contribution < 1.29 is 41.4 Å². The first-order chi connectivity index (χ1) is 17.6. The van der Waals surface area contributed by atoms with Gasteiger partial charge in [0, 0.05) is 17.5 Å². The molecule has 0 aliphatic carbocycles. The lowest BCUT2D eigenvalue weighted by Crippen LogP contribution is -2.57. The van der Waals surface area contributed by atoms with Crippen LogP contribution in [0.3, 0.4) is 0 Å². The van der Waals surface area contributed by atoms with Gasteiger partial charge in [-0.3, -0.25) is 14.5 Å². The van der Waals surface area contributed by atoms with Gasteiger partial charge in [-0.05, 0) is 44.5 Å². The molecule has 0 bridgehead atoms. The molecule has 0 saturated carbocycles. The van der Waals surface area contributed by atoms with Crippen molar-refractivity contribution in [1.29, 1.82) is 0 Å². The Labute approximate surface area is 221 Å². The van der Waals surface area contributed by atoms with Crippen LogP contribution in [0.4, 0.5) is 28.0 Å². The average molecular weight is 560 g/mol. The molecule has 1 aliphatic heterocycles. The number of nitrogens with zero attached hydrogens (tertiary/aromatic N) is 1. The van der Waals surface area contributed by atoms with E-state index in [-0.39, 0.29) is 28.4 Å². The van der Waals surface area contributed by atoms with Crippen LogP contribution < -0.4 is 20.3 Å². The van der Waals surface area contributed by atoms with Crippen molar-refractivity contribution in [2.45, 2.75) is 51.1 Å². The van der Waals surface area contributed by atoms with Gasteiger partial charge in [0.25, 0.3) is 5.91 Å². The highest BCUT2D eigenvalue weighted by Crippen LogP contribution is 2.35. The fourth-order valence-electron chi connectivity index (χ4n) is 3.64. The van der Waals surface area contributed by atoms with Gasteiger partial charge >= 0.3 is 12.3 Å². The van der Waals surface area contributed by atoms with Crippen LogP contribution in [-0.2, 0) is 20.7 Å². The summed E-state index contributed by atoms with van der Waals surface area (Å²) >= 11 is 5.94. The van der Waals surface area contributed by atoms with Gasteiger partial charge in [-0.15, -0.1) is 0 Å². The first-order valence-corrected chi connectivity index (χ1v) is 11.8. The molecule has 8 nitrogen and oxygen atoms in total. The molecule has 2 aromatic carbocycles. The Morgan fingerprint density at radius 3 is 2.50 bits per heavy atom. The number of benzene rings is 2. The maximum atomic E-state index is 14.3. The number of nitrogens with one attached hydrogen (secondary N) is 2. The summed E-state index contributed by atoms with van der Waals surface area (Å²) in [5.74, 6) is -2.79. The minimum Gasteiger partial charge on any atom is -0.489 e. The molecular weight excluding hydrogens is 534 g/mol. The van der Waals surface area contributed by atoms with Gasteiger partial charge in [0.05, 0.1) is 5.69 Å². The third-order valence-electron chi connectivity index (χ3n) is 5.23. The van der Waals surface area contributed by atoms with Crippen LogP contribution in [0.5, 0.6) is 5.75 Å². The van der Waals surface area contributed by atoms with Gasteiger partial charge in [0.15, 0.2) is 0 Å². The number of anilines is 1. The Kier molecular flexibility index (Phi) is 8.75. The summed E-state index contributed by atoms with van der Waals surface area (Å²) in [5, 5.41) is 4.84. The average Bonchev–Trinajstić information content (AvgIpc) is 2.90. The molecule has 1 aliphatic rings. The molecular formula is C25H26ClF4N3O5. The zero-order valence-electron chi connectivity index (χ0n) is 20.7. The number of hydrogen-bond donors (Lipinski definition) is 2. The smallest absolute Gasteiger partial charge is 0.408 e. The largest absolute Gasteiger partial charge is 0.489 e.